The van der Waals surface area contributed by atoms with Crippen LogP contribution in [0.2, 0.25) is 0 Å². The summed E-state index contributed by atoms with van der Waals surface area (Å²) in [7, 11) is 0. The Labute approximate surface area is 105 Å². The SMILES string of the molecule is Cc1ccc(NC(=O)NNC(=O)CC#N)cc1C. The first kappa shape index (κ1) is 13.5. The van der Waals surface area contributed by atoms with Crippen molar-refractivity contribution in [1.29, 1.82) is 5.26 Å². The van der Waals surface area contributed by atoms with Gasteiger partial charge in [0.25, 0.3) is 5.91 Å². The van der Waals surface area contributed by atoms with Gasteiger partial charge in [-0.1, -0.05) is 6.07 Å². The number of benzene rings is 1. The molecule has 1 rings (SSSR count). The summed E-state index contributed by atoms with van der Waals surface area (Å²) in [4.78, 5) is 22.3. The number of nitriles is 1. The van der Waals surface area contributed by atoms with Gasteiger partial charge in [0.1, 0.15) is 6.42 Å². The Morgan fingerprint density at radius 2 is 1.94 bits per heavy atom. The number of carbonyl (C=O) groups is 2. The Kier molecular flexibility index (Phi) is 4.69. The molecule has 3 N–H and O–H groups in total. The van der Waals surface area contributed by atoms with E-state index < -0.39 is 11.9 Å². The van der Waals surface area contributed by atoms with Gasteiger partial charge in [0, 0.05) is 5.69 Å². The minimum Gasteiger partial charge on any atom is -0.307 e. The van der Waals surface area contributed by atoms with Crippen molar-refractivity contribution in [1.82, 2.24) is 10.9 Å². The monoisotopic (exact) mass is 246 g/mol. The van der Waals surface area contributed by atoms with Crippen LogP contribution in [0, 0.1) is 25.2 Å². The van der Waals surface area contributed by atoms with E-state index in [0.717, 1.165) is 11.1 Å². The van der Waals surface area contributed by atoms with E-state index in [0.29, 0.717) is 5.69 Å². The largest absolute Gasteiger partial charge is 0.337 e. The number of amides is 3. The fourth-order valence-corrected chi connectivity index (χ4v) is 1.22. The molecule has 94 valence electrons. The number of hydrogen-bond donors (Lipinski definition) is 3. The van der Waals surface area contributed by atoms with Gasteiger partial charge in [-0.3, -0.25) is 10.2 Å². The van der Waals surface area contributed by atoms with Crippen LogP contribution in [0.3, 0.4) is 0 Å². The molecule has 0 saturated heterocycles. The molecule has 0 aliphatic heterocycles. The molecule has 3 amide bonds. The number of hydrazine groups is 1. The second-order valence-electron chi connectivity index (χ2n) is 3.76. The molecule has 0 radical (unpaired) electrons. The summed E-state index contributed by atoms with van der Waals surface area (Å²) in [5, 5.41) is 10.8. The number of nitrogens with one attached hydrogen (secondary N) is 3. The number of nitrogens with zero attached hydrogens (tertiary/aromatic N) is 1. The van der Waals surface area contributed by atoms with Gasteiger partial charge in [0.15, 0.2) is 0 Å². The van der Waals surface area contributed by atoms with Crippen molar-refractivity contribution in [2.24, 2.45) is 0 Å². The van der Waals surface area contributed by atoms with Crippen molar-refractivity contribution in [2.45, 2.75) is 20.3 Å². The summed E-state index contributed by atoms with van der Waals surface area (Å²) in [6, 6.07) is 6.58. The van der Waals surface area contributed by atoms with Crippen LogP contribution in [0.25, 0.3) is 0 Å². The maximum absolute atomic E-state index is 11.4. The second-order valence-corrected chi connectivity index (χ2v) is 3.76. The third kappa shape index (κ3) is 4.14. The van der Waals surface area contributed by atoms with Gasteiger partial charge in [0.05, 0.1) is 6.07 Å². The normalized spacial score (nSPS) is 9.17. The Balaban J connectivity index is 2.47. The zero-order chi connectivity index (χ0) is 13.5. The molecular weight excluding hydrogens is 232 g/mol. The van der Waals surface area contributed by atoms with Crippen LogP contribution in [-0.4, -0.2) is 11.9 Å². The van der Waals surface area contributed by atoms with Gasteiger partial charge in [0.2, 0.25) is 0 Å². The molecule has 0 aromatic heterocycles. The summed E-state index contributed by atoms with van der Waals surface area (Å²) in [5.41, 5.74) is 7.07. The van der Waals surface area contributed by atoms with Crippen LogP contribution in [0.5, 0.6) is 0 Å². The molecule has 1 aromatic carbocycles. The lowest BCUT2D eigenvalue weighted by atomic mass is 10.1. The topological polar surface area (TPSA) is 94.0 Å². The molecule has 0 atom stereocenters. The molecule has 0 aliphatic rings. The fraction of sp³-hybridized carbons (Fsp3) is 0.250. The zero-order valence-corrected chi connectivity index (χ0v) is 10.2. The molecule has 0 heterocycles. The average Bonchev–Trinajstić information content (AvgIpc) is 2.32. The van der Waals surface area contributed by atoms with Gasteiger partial charge < -0.3 is 5.32 Å². The second kappa shape index (κ2) is 6.25. The summed E-state index contributed by atoms with van der Waals surface area (Å²) in [5.74, 6) is -0.562. The Morgan fingerprint density at radius 1 is 1.22 bits per heavy atom. The molecule has 0 fully saturated rings. The molecular formula is C12H14N4O2. The third-order valence-electron chi connectivity index (χ3n) is 2.32. The van der Waals surface area contributed by atoms with Crippen molar-refractivity contribution in [3.8, 4) is 6.07 Å². The standard InChI is InChI=1S/C12H14N4O2/c1-8-3-4-10(7-9(8)2)14-12(18)16-15-11(17)5-6-13/h3-4,7H,5H2,1-2H3,(H,15,17)(H2,14,16,18). The molecule has 1 aromatic rings. The van der Waals surface area contributed by atoms with Gasteiger partial charge in [-0.2, -0.15) is 5.26 Å². The highest BCUT2D eigenvalue weighted by Crippen LogP contribution is 2.13. The molecule has 18 heavy (non-hydrogen) atoms. The summed E-state index contributed by atoms with van der Waals surface area (Å²) in [6.07, 6.45) is -0.302. The molecule has 0 saturated carbocycles. The van der Waals surface area contributed by atoms with Crippen LogP contribution >= 0.6 is 0 Å². The first-order valence-corrected chi connectivity index (χ1v) is 5.33. The van der Waals surface area contributed by atoms with Crippen molar-refractivity contribution in [3.05, 3.63) is 29.3 Å². The van der Waals surface area contributed by atoms with E-state index in [1.807, 2.05) is 26.0 Å². The van der Waals surface area contributed by atoms with E-state index >= 15 is 0 Å². The van der Waals surface area contributed by atoms with Gasteiger partial charge in [-0.25, -0.2) is 10.2 Å². The van der Waals surface area contributed by atoms with E-state index in [9.17, 15) is 9.59 Å². The van der Waals surface area contributed by atoms with Gasteiger partial charge in [-0.15, -0.1) is 0 Å². The van der Waals surface area contributed by atoms with E-state index in [4.69, 9.17) is 5.26 Å². The number of carbonyl (C=O) groups excluding carboxylic acids is 2. The highest BCUT2D eigenvalue weighted by molar-refractivity contribution is 5.91. The molecule has 6 nitrogen and oxygen atoms in total. The lowest BCUT2D eigenvalue weighted by Crippen LogP contribution is -2.43. The number of rotatable bonds is 2. The van der Waals surface area contributed by atoms with Gasteiger partial charge in [-0.05, 0) is 37.1 Å². The maximum Gasteiger partial charge on any atom is 0.337 e. The van der Waals surface area contributed by atoms with Crippen LogP contribution in [0.4, 0.5) is 10.5 Å². The molecule has 0 spiro atoms. The van der Waals surface area contributed by atoms with Crippen molar-refractivity contribution in [2.75, 3.05) is 5.32 Å². The minimum absolute atomic E-state index is 0.302. The Bertz CT molecular complexity index is 505. The lowest BCUT2D eigenvalue weighted by Gasteiger charge is -2.09. The van der Waals surface area contributed by atoms with Gasteiger partial charge >= 0.3 is 6.03 Å². The average molecular weight is 246 g/mol. The van der Waals surface area contributed by atoms with Crippen molar-refractivity contribution < 1.29 is 9.59 Å². The van der Waals surface area contributed by atoms with Crippen molar-refractivity contribution in [3.63, 3.8) is 0 Å². The summed E-state index contributed by atoms with van der Waals surface area (Å²) < 4.78 is 0. The Hall–Kier alpha value is -2.55. The van der Waals surface area contributed by atoms with E-state index in [1.54, 1.807) is 12.1 Å². The Morgan fingerprint density at radius 3 is 2.56 bits per heavy atom. The van der Waals surface area contributed by atoms with Crippen LogP contribution in [0.15, 0.2) is 18.2 Å². The molecule has 0 bridgehead atoms. The highest BCUT2D eigenvalue weighted by atomic mass is 16.2. The fourth-order valence-electron chi connectivity index (χ4n) is 1.22. The first-order valence-electron chi connectivity index (χ1n) is 5.33. The van der Waals surface area contributed by atoms with Crippen LogP contribution < -0.4 is 16.2 Å². The van der Waals surface area contributed by atoms with E-state index in [2.05, 4.69) is 16.2 Å². The number of anilines is 1. The van der Waals surface area contributed by atoms with Crippen LogP contribution in [0.1, 0.15) is 17.5 Å². The number of aryl methyl sites for hydroxylation is 2. The van der Waals surface area contributed by atoms with E-state index in [-0.39, 0.29) is 6.42 Å². The molecule has 0 unspecified atom stereocenters. The number of hydrogen-bond acceptors (Lipinski definition) is 3. The predicted octanol–water partition coefficient (Wildman–Crippen LogP) is 1.37. The molecule has 6 heteroatoms. The predicted molar refractivity (Wildman–Crippen MR) is 66.4 cm³/mol. The maximum atomic E-state index is 11.4. The lowest BCUT2D eigenvalue weighted by molar-refractivity contribution is -0.120. The van der Waals surface area contributed by atoms with Crippen molar-refractivity contribution >= 4 is 17.6 Å². The van der Waals surface area contributed by atoms with Crippen LogP contribution in [-0.2, 0) is 4.79 Å². The summed E-state index contributed by atoms with van der Waals surface area (Å²) in [6.45, 7) is 3.91. The third-order valence-corrected chi connectivity index (χ3v) is 2.32. The first-order chi connectivity index (χ1) is 8.52. The smallest absolute Gasteiger partial charge is 0.307 e. The van der Waals surface area contributed by atoms with E-state index in [1.165, 1.54) is 0 Å². The number of urea groups is 1. The summed E-state index contributed by atoms with van der Waals surface area (Å²) >= 11 is 0. The zero-order valence-electron chi connectivity index (χ0n) is 10.2. The highest BCUT2D eigenvalue weighted by Gasteiger charge is 2.04. The molecule has 0 aliphatic carbocycles. The minimum atomic E-state index is -0.565. The quantitative estimate of drug-likeness (QED) is 0.688.